The van der Waals surface area contributed by atoms with Gasteiger partial charge in [-0.1, -0.05) is 24.3 Å². The van der Waals surface area contributed by atoms with E-state index >= 15 is 0 Å². The van der Waals surface area contributed by atoms with Crippen LogP contribution in [0.5, 0.6) is 0 Å². The van der Waals surface area contributed by atoms with Crippen molar-refractivity contribution in [1.29, 1.82) is 10.5 Å². The van der Waals surface area contributed by atoms with Crippen molar-refractivity contribution in [3.8, 4) is 12.3 Å². The summed E-state index contributed by atoms with van der Waals surface area (Å²) < 4.78 is 0. The van der Waals surface area contributed by atoms with Gasteiger partial charge in [0.05, 0.1) is 5.69 Å². The van der Waals surface area contributed by atoms with Crippen molar-refractivity contribution >= 4 is 23.3 Å². The predicted molar refractivity (Wildman–Crippen MR) is 110 cm³/mol. The number of likely N-dealkylation sites (tertiary alicyclic amines) is 1. The van der Waals surface area contributed by atoms with Crippen LogP contribution < -0.4 is 22.1 Å². The summed E-state index contributed by atoms with van der Waals surface area (Å²) in [7, 11) is 0. The van der Waals surface area contributed by atoms with Gasteiger partial charge in [-0.3, -0.25) is 10.2 Å². The minimum Gasteiger partial charge on any atom is -0.397 e. The lowest BCUT2D eigenvalue weighted by Crippen LogP contribution is -2.33. The SMILES string of the molecule is N#CNC1=NC(c2ccccc2CN2CCCC2)c2c(nc(N)c(C#N)c2N)N1. The summed E-state index contributed by atoms with van der Waals surface area (Å²) in [5.41, 5.74) is 15.3. The first-order valence-electron chi connectivity index (χ1n) is 9.41. The molecule has 0 spiro atoms. The van der Waals surface area contributed by atoms with Gasteiger partial charge in [-0.25, -0.2) is 9.98 Å². The highest BCUT2D eigenvalue weighted by Crippen LogP contribution is 2.41. The van der Waals surface area contributed by atoms with Gasteiger partial charge in [0.1, 0.15) is 29.3 Å². The Kier molecular flexibility index (Phi) is 4.90. The molecule has 2 aromatic rings. The molecular weight excluding hydrogens is 366 g/mol. The molecule has 1 saturated heterocycles. The summed E-state index contributed by atoms with van der Waals surface area (Å²) >= 11 is 0. The fourth-order valence-corrected chi connectivity index (χ4v) is 3.93. The third kappa shape index (κ3) is 3.40. The zero-order chi connectivity index (χ0) is 20.4. The molecule has 2 aliphatic rings. The van der Waals surface area contributed by atoms with Crippen molar-refractivity contribution in [3.63, 3.8) is 0 Å². The third-order valence-corrected chi connectivity index (χ3v) is 5.30. The number of guanidine groups is 1. The number of nitriles is 2. The molecule has 9 heteroatoms. The molecule has 0 bridgehead atoms. The van der Waals surface area contributed by atoms with Crippen LogP contribution >= 0.6 is 0 Å². The Labute approximate surface area is 168 Å². The Bertz CT molecular complexity index is 1050. The van der Waals surface area contributed by atoms with Crippen molar-refractivity contribution in [2.45, 2.75) is 25.4 Å². The van der Waals surface area contributed by atoms with Gasteiger partial charge in [-0.15, -0.1) is 0 Å². The van der Waals surface area contributed by atoms with Crippen LogP contribution in [0.15, 0.2) is 29.3 Å². The highest BCUT2D eigenvalue weighted by molar-refractivity contribution is 5.98. The van der Waals surface area contributed by atoms with E-state index in [0.29, 0.717) is 11.4 Å². The molecule has 6 N–H and O–H groups in total. The van der Waals surface area contributed by atoms with Crippen LogP contribution in [-0.4, -0.2) is 28.9 Å². The number of nitrogen functional groups attached to an aromatic ring is 2. The first-order valence-corrected chi connectivity index (χ1v) is 9.41. The molecule has 0 radical (unpaired) electrons. The summed E-state index contributed by atoms with van der Waals surface area (Å²) in [6.07, 6.45) is 4.28. The highest BCUT2D eigenvalue weighted by atomic mass is 15.2. The normalized spacial score (nSPS) is 18.1. The number of nitrogens with two attached hydrogens (primary N) is 2. The molecule has 0 saturated carbocycles. The van der Waals surface area contributed by atoms with E-state index in [2.05, 4.69) is 31.6 Å². The second kappa shape index (κ2) is 7.66. The van der Waals surface area contributed by atoms with Gasteiger partial charge in [0, 0.05) is 12.1 Å². The molecule has 0 amide bonds. The maximum Gasteiger partial charge on any atom is 0.211 e. The van der Waals surface area contributed by atoms with Crippen LogP contribution in [0.4, 0.5) is 17.3 Å². The Balaban J connectivity index is 1.85. The van der Waals surface area contributed by atoms with Crippen LogP contribution in [-0.2, 0) is 6.54 Å². The number of aromatic nitrogens is 1. The molecule has 4 rings (SSSR count). The molecule has 9 nitrogen and oxygen atoms in total. The van der Waals surface area contributed by atoms with Crippen LogP contribution in [0.3, 0.4) is 0 Å². The summed E-state index contributed by atoms with van der Waals surface area (Å²) in [4.78, 5) is 11.4. The van der Waals surface area contributed by atoms with E-state index in [0.717, 1.165) is 30.8 Å². The van der Waals surface area contributed by atoms with E-state index in [1.165, 1.54) is 12.8 Å². The lowest BCUT2D eigenvalue weighted by molar-refractivity contribution is 0.330. The topological polar surface area (TPSA) is 152 Å². The van der Waals surface area contributed by atoms with Crippen molar-refractivity contribution in [1.82, 2.24) is 15.2 Å². The monoisotopic (exact) mass is 387 g/mol. The van der Waals surface area contributed by atoms with Gasteiger partial charge in [-0.2, -0.15) is 10.5 Å². The summed E-state index contributed by atoms with van der Waals surface area (Å²) in [5.74, 6) is 0.697. The van der Waals surface area contributed by atoms with E-state index in [1.807, 2.05) is 30.5 Å². The number of hydrogen-bond acceptors (Lipinski definition) is 9. The number of aliphatic imine (C=N–C) groups is 1. The van der Waals surface area contributed by atoms with E-state index in [9.17, 15) is 5.26 Å². The molecule has 3 heterocycles. The second-order valence-electron chi connectivity index (χ2n) is 7.08. The van der Waals surface area contributed by atoms with Gasteiger partial charge in [0.2, 0.25) is 5.96 Å². The Hall–Kier alpha value is -3.82. The van der Waals surface area contributed by atoms with E-state index in [4.69, 9.17) is 16.7 Å². The quantitative estimate of drug-likeness (QED) is 0.458. The smallest absolute Gasteiger partial charge is 0.211 e. The fraction of sp³-hybridized carbons (Fsp3) is 0.300. The summed E-state index contributed by atoms with van der Waals surface area (Å²) in [6, 6.07) is 9.54. The minimum absolute atomic E-state index is 0.0403. The van der Waals surface area contributed by atoms with Gasteiger partial charge in [0.25, 0.3) is 0 Å². The first kappa shape index (κ1) is 18.5. The zero-order valence-electron chi connectivity index (χ0n) is 15.8. The Morgan fingerprint density at radius 2 is 1.97 bits per heavy atom. The summed E-state index contributed by atoms with van der Waals surface area (Å²) in [5, 5.41) is 24.0. The number of benzene rings is 1. The average molecular weight is 387 g/mol. The number of pyridine rings is 1. The predicted octanol–water partition coefficient (Wildman–Crippen LogP) is 1.66. The largest absolute Gasteiger partial charge is 0.397 e. The Morgan fingerprint density at radius 3 is 2.69 bits per heavy atom. The molecule has 1 aromatic carbocycles. The lowest BCUT2D eigenvalue weighted by Gasteiger charge is -2.28. The molecular formula is C20H21N9. The molecule has 1 atom stereocenters. The standard InChI is InChI=1S/C20H21N9/c21-9-14-16(23)15-17(26-20(25-11-22)28-19(15)27-18(14)24)13-6-2-1-5-12(13)10-29-7-3-4-8-29/h1-2,5-6,17H,3-4,7-8,10H2,(H6,23,24,25,26,27,28). The van der Waals surface area contributed by atoms with Crippen LogP contribution in [0.25, 0.3) is 0 Å². The molecule has 0 aliphatic carbocycles. The van der Waals surface area contributed by atoms with Crippen molar-refractivity contribution in [3.05, 3.63) is 46.5 Å². The number of fused-ring (bicyclic) bond motifs is 1. The van der Waals surface area contributed by atoms with Crippen LogP contribution in [0.2, 0.25) is 0 Å². The molecule has 1 unspecified atom stereocenters. The number of anilines is 3. The van der Waals surface area contributed by atoms with Crippen LogP contribution in [0.1, 0.15) is 41.1 Å². The number of nitrogens with zero attached hydrogens (tertiary/aromatic N) is 5. The molecule has 146 valence electrons. The van der Waals surface area contributed by atoms with Crippen LogP contribution in [0, 0.1) is 22.8 Å². The van der Waals surface area contributed by atoms with Crippen molar-refractivity contribution < 1.29 is 0 Å². The number of nitrogens with one attached hydrogen (secondary N) is 2. The average Bonchev–Trinajstić information content (AvgIpc) is 3.21. The van der Waals surface area contributed by atoms with E-state index in [1.54, 1.807) is 0 Å². The van der Waals surface area contributed by atoms with Gasteiger partial charge >= 0.3 is 0 Å². The van der Waals surface area contributed by atoms with Crippen molar-refractivity contribution in [2.75, 3.05) is 29.9 Å². The van der Waals surface area contributed by atoms with E-state index in [-0.39, 0.29) is 23.0 Å². The number of rotatable bonds is 3. The minimum atomic E-state index is -0.513. The lowest BCUT2D eigenvalue weighted by atomic mass is 9.91. The van der Waals surface area contributed by atoms with E-state index < -0.39 is 6.04 Å². The Morgan fingerprint density at radius 1 is 1.21 bits per heavy atom. The fourth-order valence-electron chi connectivity index (χ4n) is 3.93. The molecule has 1 aromatic heterocycles. The zero-order valence-corrected chi connectivity index (χ0v) is 15.8. The van der Waals surface area contributed by atoms with Gasteiger partial charge in [0.15, 0.2) is 6.19 Å². The maximum absolute atomic E-state index is 9.47. The summed E-state index contributed by atoms with van der Waals surface area (Å²) in [6.45, 7) is 2.94. The highest BCUT2D eigenvalue weighted by Gasteiger charge is 2.31. The third-order valence-electron chi connectivity index (χ3n) is 5.30. The maximum atomic E-state index is 9.47. The molecule has 29 heavy (non-hydrogen) atoms. The van der Waals surface area contributed by atoms with Gasteiger partial charge < -0.3 is 16.8 Å². The first-order chi connectivity index (χ1) is 14.1. The molecule has 2 aliphatic heterocycles. The number of hydrogen-bond donors (Lipinski definition) is 4. The second-order valence-corrected chi connectivity index (χ2v) is 7.08. The van der Waals surface area contributed by atoms with Gasteiger partial charge in [-0.05, 0) is 37.1 Å². The molecule has 1 fully saturated rings. The van der Waals surface area contributed by atoms with Crippen molar-refractivity contribution in [2.24, 2.45) is 4.99 Å².